The smallest absolute Gasteiger partial charge is 0.247 e. The number of imide groups is 1. The summed E-state index contributed by atoms with van der Waals surface area (Å²) >= 11 is 1.36. The Morgan fingerprint density at radius 3 is 2.57 bits per heavy atom. The molecule has 2 aromatic carbocycles. The first-order valence-corrected chi connectivity index (χ1v) is 8.30. The molecule has 118 valence electrons. The van der Waals surface area contributed by atoms with E-state index in [-0.39, 0.29) is 18.2 Å². The predicted molar refractivity (Wildman–Crippen MR) is 93.5 cm³/mol. The maximum atomic E-state index is 12.7. The van der Waals surface area contributed by atoms with Gasteiger partial charge >= 0.3 is 0 Å². The van der Waals surface area contributed by atoms with E-state index < -0.39 is 5.25 Å². The molecule has 0 radical (unpaired) electrons. The monoisotopic (exact) mass is 326 g/mol. The molecular formula is C18H18N2O2S. The molecule has 23 heavy (non-hydrogen) atoms. The van der Waals surface area contributed by atoms with Crippen molar-refractivity contribution >= 4 is 35.0 Å². The van der Waals surface area contributed by atoms with Gasteiger partial charge in [-0.05, 0) is 37.6 Å². The summed E-state index contributed by atoms with van der Waals surface area (Å²) in [7, 11) is 0. The zero-order chi connectivity index (χ0) is 16.6. The number of anilines is 2. The van der Waals surface area contributed by atoms with Crippen molar-refractivity contribution in [3.05, 3.63) is 53.6 Å². The average Bonchev–Trinajstić information content (AvgIpc) is 2.77. The summed E-state index contributed by atoms with van der Waals surface area (Å²) in [6.45, 7) is 3.90. The van der Waals surface area contributed by atoms with E-state index in [0.29, 0.717) is 11.4 Å². The van der Waals surface area contributed by atoms with Crippen LogP contribution in [-0.2, 0) is 9.59 Å². The summed E-state index contributed by atoms with van der Waals surface area (Å²) in [5.41, 5.74) is 9.27. The lowest BCUT2D eigenvalue weighted by Crippen LogP contribution is -2.31. The third-order valence-corrected chi connectivity index (χ3v) is 5.17. The van der Waals surface area contributed by atoms with Crippen LogP contribution < -0.4 is 10.6 Å². The SMILES string of the molecule is Cc1ccc(N2C(=O)C[C@H](Sc3ccccc3N)C2=O)c(C)c1. The number of nitrogen functional groups attached to an aromatic ring is 1. The first-order chi connectivity index (χ1) is 11.0. The van der Waals surface area contributed by atoms with Crippen molar-refractivity contribution in [3.8, 4) is 0 Å². The van der Waals surface area contributed by atoms with Crippen molar-refractivity contribution < 1.29 is 9.59 Å². The number of para-hydroxylation sites is 1. The number of nitrogens with two attached hydrogens (primary N) is 1. The Labute approximate surface area is 139 Å². The van der Waals surface area contributed by atoms with Crippen molar-refractivity contribution in [2.75, 3.05) is 10.6 Å². The number of aryl methyl sites for hydroxylation is 2. The Balaban J connectivity index is 1.87. The highest BCUT2D eigenvalue weighted by Gasteiger charge is 2.40. The quantitative estimate of drug-likeness (QED) is 0.694. The number of benzene rings is 2. The van der Waals surface area contributed by atoms with Gasteiger partial charge in [0.15, 0.2) is 0 Å². The molecule has 1 heterocycles. The Kier molecular flexibility index (Phi) is 4.13. The van der Waals surface area contributed by atoms with Gasteiger partial charge in [0.1, 0.15) is 0 Å². The molecule has 2 N–H and O–H groups in total. The van der Waals surface area contributed by atoms with Gasteiger partial charge in [0.05, 0.1) is 10.9 Å². The minimum absolute atomic E-state index is 0.158. The topological polar surface area (TPSA) is 63.4 Å². The molecule has 2 aromatic rings. The van der Waals surface area contributed by atoms with Gasteiger partial charge in [0.25, 0.3) is 0 Å². The lowest BCUT2D eigenvalue weighted by atomic mass is 10.1. The summed E-state index contributed by atoms with van der Waals surface area (Å²) < 4.78 is 0. The van der Waals surface area contributed by atoms with E-state index in [2.05, 4.69) is 0 Å². The molecule has 1 fully saturated rings. The van der Waals surface area contributed by atoms with Crippen LogP contribution in [0.15, 0.2) is 47.4 Å². The van der Waals surface area contributed by atoms with E-state index in [1.54, 1.807) is 6.07 Å². The lowest BCUT2D eigenvalue weighted by Gasteiger charge is -2.18. The molecule has 3 rings (SSSR count). The highest BCUT2D eigenvalue weighted by atomic mass is 32.2. The number of nitrogens with zero attached hydrogens (tertiary/aromatic N) is 1. The Hall–Kier alpha value is -2.27. The second-order valence-corrected chi connectivity index (χ2v) is 6.95. The van der Waals surface area contributed by atoms with Crippen molar-refractivity contribution in [2.45, 2.75) is 30.4 Å². The summed E-state index contributed by atoms with van der Waals surface area (Å²) in [6.07, 6.45) is 0.200. The van der Waals surface area contributed by atoms with Crippen LogP contribution in [0.25, 0.3) is 0 Å². The zero-order valence-electron chi connectivity index (χ0n) is 13.1. The fraction of sp³-hybridized carbons (Fsp3) is 0.222. The van der Waals surface area contributed by atoms with Crippen LogP contribution in [0.1, 0.15) is 17.5 Å². The zero-order valence-corrected chi connectivity index (χ0v) is 13.9. The van der Waals surface area contributed by atoms with Crippen molar-refractivity contribution in [2.24, 2.45) is 0 Å². The molecule has 1 aliphatic heterocycles. The molecule has 0 saturated carbocycles. The van der Waals surface area contributed by atoms with E-state index in [0.717, 1.165) is 16.0 Å². The van der Waals surface area contributed by atoms with Gasteiger partial charge in [0, 0.05) is 17.0 Å². The van der Waals surface area contributed by atoms with Gasteiger partial charge in [-0.2, -0.15) is 0 Å². The second kappa shape index (κ2) is 6.08. The number of hydrogen-bond acceptors (Lipinski definition) is 4. The molecule has 1 saturated heterocycles. The number of thioether (sulfide) groups is 1. The van der Waals surface area contributed by atoms with Crippen LogP contribution in [0, 0.1) is 13.8 Å². The number of hydrogen-bond donors (Lipinski definition) is 1. The highest BCUT2D eigenvalue weighted by molar-refractivity contribution is 8.00. The van der Waals surface area contributed by atoms with Gasteiger partial charge in [-0.3, -0.25) is 9.59 Å². The van der Waals surface area contributed by atoms with E-state index in [9.17, 15) is 9.59 Å². The normalized spacial score (nSPS) is 17.8. The molecule has 2 amide bonds. The molecule has 1 aliphatic rings. The van der Waals surface area contributed by atoms with E-state index in [4.69, 9.17) is 5.73 Å². The van der Waals surface area contributed by atoms with Crippen molar-refractivity contribution in [3.63, 3.8) is 0 Å². The van der Waals surface area contributed by atoms with Crippen LogP contribution in [0.3, 0.4) is 0 Å². The first-order valence-electron chi connectivity index (χ1n) is 7.42. The summed E-state index contributed by atoms with van der Waals surface area (Å²) in [4.78, 5) is 27.2. The molecule has 0 unspecified atom stereocenters. The number of carbonyl (C=O) groups is 2. The van der Waals surface area contributed by atoms with Gasteiger partial charge in [0.2, 0.25) is 11.8 Å². The van der Waals surface area contributed by atoms with Crippen LogP contribution in [0.5, 0.6) is 0 Å². The average molecular weight is 326 g/mol. The maximum absolute atomic E-state index is 12.7. The fourth-order valence-corrected chi connectivity index (χ4v) is 3.85. The van der Waals surface area contributed by atoms with Gasteiger partial charge in [-0.25, -0.2) is 4.90 Å². The molecular weight excluding hydrogens is 308 g/mol. The Bertz CT molecular complexity index is 788. The standard InChI is InChI=1S/C18H18N2O2S/c1-11-7-8-14(12(2)9-11)20-17(21)10-16(18(20)22)23-15-6-4-3-5-13(15)19/h3-9,16H,10,19H2,1-2H3/t16-/m0/s1. The maximum Gasteiger partial charge on any atom is 0.247 e. The third-order valence-electron chi connectivity index (χ3n) is 3.89. The van der Waals surface area contributed by atoms with E-state index in [1.165, 1.54) is 16.7 Å². The summed E-state index contributed by atoms with van der Waals surface area (Å²) in [5, 5.41) is -0.423. The molecule has 0 aromatic heterocycles. The largest absolute Gasteiger partial charge is 0.398 e. The number of amides is 2. The minimum atomic E-state index is -0.423. The van der Waals surface area contributed by atoms with Crippen LogP contribution >= 0.6 is 11.8 Å². The molecule has 0 aliphatic carbocycles. The molecule has 5 heteroatoms. The molecule has 1 atom stereocenters. The molecule has 0 spiro atoms. The summed E-state index contributed by atoms with van der Waals surface area (Å²) in [6, 6.07) is 13.1. The fourth-order valence-electron chi connectivity index (χ4n) is 2.75. The van der Waals surface area contributed by atoms with Crippen LogP contribution in [-0.4, -0.2) is 17.1 Å². The minimum Gasteiger partial charge on any atom is -0.398 e. The van der Waals surface area contributed by atoms with Crippen molar-refractivity contribution in [1.82, 2.24) is 0 Å². The third kappa shape index (κ3) is 2.97. The van der Waals surface area contributed by atoms with E-state index >= 15 is 0 Å². The van der Waals surface area contributed by atoms with Gasteiger partial charge in [-0.15, -0.1) is 11.8 Å². The predicted octanol–water partition coefficient (Wildman–Crippen LogP) is 3.31. The van der Waals surface area contributed by atoms with Crippen molar-refractivity contribution in [1.29, 1.82) is 0 Å². The second-order valence-electron chi connectivity index (χ2n) is 5.71. The molecule has 0 bridgehead atoms. The Morgan fingerprint density at radius 2 is 1.87 bits per heavy atom. The van der Waals surface area contributed by atoms with Gasteiger partial charge < -0.3 is 5.73 Å². The van der Waals surface area contributed by atoms with Crippen LogP contribution in [0.4, 0.5) is 11.4 Å². The Morgan fingerprint density at radius 1 is 1.13 bits per heavy atom. The highest BCUT2D eigenvalue weighted by Crippen LogP contribution is 2.37. The van der Waals surface area contributed by atoms with Gasteiger partial charge in [-0.1, -0.05) is 29.8 Å². The molecule has 4 nitrogen and oxygen atoms in total. The lowest BCUT2D eigenvalue weighted by molar-refractivity contribution is -0.121. The first kappa shape index (κ1) is 15.6. The van der Waals surface area contributed by atoms with Crippen LogP contribution in [0.2, 0.25) is 0 Å². The number of rotatable bonds is 3. The summed E-state index contributed by atoms with van der Waals surface area (Å²) in [5.74, 6) is -0.329. The van der Waals surface area contributed by atoms with E-state index in [1.807, 2.05) is 50.2 Å². The number of carbonyl (C=O) groups excluding carboxylic acids is 2.